The summed E-state index contributed by atoms with van der Waals surface area (Å²) in [5.41, 5.74) is 0.861. The number of halogens is 2. The van der Waals surface area contributed by atoms with Gasteiger partial charge < -0.3 is 9.80 Å². The van der Waals surface area contributed by atoms with Crippen LogP contribution in [0.4, 0.5) is 10.2 Å². The first-order chi connectivity index (χ1) is 15.3. The standard InChI is InChI=1S/C22H26ClFN4O3S/c1-2-32(30,31)20-4-3-15(13-25-20)11-16-5-10-28(22(16)29)18-6-8-27(9-7-18)21-19(24)12-17(23)14-26-21/h3-4,12-14,16,18H,2,5-11H2,1H3/t16-/m1/s1. The summed E-state index contributed by atoms with van der Waals surface area (Å²) in [5, 5.41) is 0.341. The summed E-state index contributed by atoms with van der Waals surface area (Å²) in [7, 11) is -3.33. The van der Waals surface area contributed by atoms with Crippen molar-refractivity contribution in [2.45, 2.75) is 43.7 Å². The van der Waals surface area contributed by atoms with E-state index in [-0.39, 0.29) is 33.7 Å². The number of hydrogen-bond acceptors (Lipinski definition) is 6. The van der Waals surface area contributed by atoms with Crippen molar-refractivity contribution >= 4 is 33.2 Å². The Bertz CT molecular complexity index is 1090. The van der Waals surface area contributed by atoms with E-state index in [4.69, 9.17) is 11.6 Å². The molecule has 0 radical (unpaired) electrons. The topological polar surface area (TPSA) is 83.5 Å². The monoisotopic (exact) mass is 480 g/mol. The lowest BCUT2D eigenvalue weighted by Crippen LogP contribution is -2.46. The number of sulfone groups is 1. The highest BCUT2D eigenvalue weighted by atomic mass is 35.5. The molecule has 2 aliphatic rings. The summed E-state index contributed by atoms with van der Waals surface area (Å²) in [6.45, 7) is 3.55. The minimum Gasteiger partial charge on any atom is -0.354 e. The maximum absolute atomic E-state index is 14.2. The van der Waals surface area contributed by atoms with Crippen molar-refractivity contribution in [3.63, 3.8) is 0 Å². The Morgan fingerprint density at radius 3 is 2.50 bits per heavy atom. The Morgan fingerprint density at radius 1 is 1.12 bits per heavy atom. The first-order valence-electron chi connectivity index (χ1n) is 10.8. The summed E-state index contributed by atoms with van der Waals surface area (Å²) in [4.78, 5) is 25.1. The molecule has 1 atom stereocenters. The third-order valence-electron chi connectivity index (χ3n) is 6.32. The van der Waals surface area contributed by atoms with Crippen LogP contribution in [-0.4, -0.2) is 60.6 Å². The average molecular weight is 481 g/mol. The van der Waals surface area contributed by atoms with Crippen LogP contribution in [0, 0.1) is 11.7 Å². The number of pyridine rings is 2. The summed E-state index contributed by atoms with van der Waals surface area (Å²) in [5.74, 6) is -0.114. The van der Waals surface area contributed by atoms with Crippen LogP contribution in [0.2, 0.25) is 5.02 Å². The van der Waals surface area contributed by atoms with Gasteiger partial charge in [-0.05, 0) is 43.4 Å². The Labute approximate surface area is 192 Å². The van der Waals surface area contributed by atoms with Crippen LogP contribution in [0.25, 0.3) is 0 Å². The molecule has 0 bridgehead atoms. The second-order valence-corrected chi connectivity index (χ2v) is 11.0. The number of aromatic nitrogens is 2. The van der Waals surface area contributed by atoms with Gasteiger partial charge in [-0.3, -0.25) is 4.79 Å². The fraction of sp³-hybridized carbons (Fsp3) is 0.500. The number of anilines is 1. The highest BCUT2D eigenvalue weighted by molar-refractivity contribution is 7.91. The van der Waals surface area contributed by atoms with Gasteiger partial charge >= 0.3 is 0 Å². The molecule has 7 nitrogen and oxygen atoms in total. The van der Waals surface area contributed by atoms with E-state index in [0.29, 0.717) is 31.9 Å². The van der Waals surface area contributed by atoms with Gasteiger partial charge in [0.1, 0.15) is 0 Å². The molecule has 32 heavy (non-hydrogen) atoms. The van der Waals surface area contributed by atoms with Gasteiger partial charge in [-0.1, -0.05) is 24.6 Å². The third-order valence-corrected chi connectivity index (χ3v) is 8.17. The number of nitrogens with zero attached hydrogens (tertiary/aromatic N) is 4. The molecule has 2 aromatic rings. The molecular formula is C22H26ClFN4O3S. The second kappa shape index (κ2) is 9.31. The lowest BCUT2D eigenvalue weighted by Gasteiger charge is -2.37. The number of piperidine rings is 1. The van der Waals surface area contributed by atoms with Crippen molar-refractivity contribution < 1.29 is 17.6 Å². The predicted octanol–water partition coefficient (Wildman–Crippen LogP) is 3.12. The van der Waals surface area contributed by atoms with Crippen LogP contribution in [0.5, 0.6) is 0 Å². The molecule has 172 valence electrons. The minimum atomic E-state index is -3.33. The van der Waals surface area contributed by atoms with Crippen LogP contribution in [0.3, 0.4) is 0 Å². The van der Waals surface area contributed by atoms with E-state index in [0.717, 1.165) is 24.8 Å². The Hall–Kier alpha value is -2.26. The fourth-order valence-electron chi connectivity index (χ4n) is 4.49. The average Bonchev–Trinajstić information content (AvgIpc) is 3.14. The molecule has 10 heteroatoms. The van der Waals surface area contributed by atoms with Gasteiger partial charge in [-0.25, -0.2) is 22.8 Å². The van der Waals surface area contributed by atoms with Crippen molar-refractivity contribution in [1.29, 1.82) is 0 Å². The van der Waals surface area contributed by atoms with E-state index < -0.39 is 15.7 Å². The van der Waals surface area contributed by atoms with Crippen molar-refractivity contribution in [3.05, 3.63) is 47.0 Å². The van der Waals surface area contributed by atoms with Crippen LogP contribution in [0.1, 0.15) is 31.7 Å². The van der Waals surface area contributed by atoms with Crippen LogP contribution in [0.15, 0.2) is 35.6 Å². The number of likely N-dealkylation sites (tertiary alicyclic amines) is 1. The molecule has 4 rings (SSSR count). The van der Waals surface area contributed by atoms with Crippen LogP contribution < -0.4 is 4.90 Å². The van der Waals surface area contributed by atoms with E-state index in [1.54, 1.807) is 19.2 Å². The van der Waals surface area contributed by atoms with Gasteiger partial charge in [0, 0.05) is 44.0 Å². The number of rotatable bonds is 6. The molecule has 0 aromatic carbocycles. The SMILES string of the molecule is CCS(=O)(=O)c1ccc(C[C@H]2CCN(C3CCN(c4ncc(Cl)cc4F)CC3)C2=O)cn1. The van der Waals surface area contributed by atoms with Crippen LogP contribution >= 0.6 is 11.6 Å². The molecule has 0 aliphatic carbocycles. The van der Waals surface area contributed by atoms with E-state index in [2.05, 4.69) is 9.97 Å². The lowest BCUT2D eigenvalue weighted by atomic mass is 9.99. The first-order valence-corrected chi connectivity index (χ1v) is 12.9. The maximum Gasteiger partial charge on any atom is 0.226 e. The molecule has 2 saturated heterocycles. The third kappa shape index (κ3) is 4.73. The van der Waals surface area contributed by atoms with Crippen molar-refractivity contribution in [2.24, 2.45) is 5.92 Å². The molecule has 4 heterocycles. The zero-order chi connectivity index (χ0) is 22.9. The van der Waals surface area contributed by atoms with Gasteiger partial charge in [-0.2, -0.15) is 0 Å². The van der Waals surface area contributed by atoms with Gasteiger partial charge in [-0.15, -0.1) is 0 Å². The van der Waals surface area contributed by atoms with Crippen molar-refractivity contribution in [1.82, 2.24) is 14.9 Å². The smallest absolute Gasteiger partial charge is 0.226 e. The fourth-order valence-corrected chi connectivity index (χ4v) is 5.42. The van der Waals surface area contributed by atoms with Gasteiger partial charge in [0.2, 0.25) is 5.91 Å². The summed E-state index contributed by atoms with van der Waals surface area (Å²) >= 11 is 5.79. The summed E-state index contributed by atoms with van der Waals surface area (Å²) in [6.07, 6.45) is 5.83. The largest absolute Gasteiger partial charge is 0.354 e. The molecule has 1 amide bonds. The molecule has 2 aliphatic heterocycles. The number of carbonyl (C=O) groups excluding carboxylic acids is 1. The first kappa shape index (κ1) is 22.9. The van der Waals surface area contributed by atoms with Crippen molar-refractivity contribution in [2.75, 3.05) is 30.3 Å². The molecule has 0 spiro atoms. The molecular weight excluding hydrogens is 455 g/mol. The van der Waals surface area contributed by atoms with Crippen molar-refractivity contribution in [3.8, 4) is 0 Å². The van der Waals surface area contributed by atoms with E-state index in [9.17, 15) is 17.6 Å². The van der Waals surface area contributed by atoms with Gasteiger partial charge in [0.05, 0.1) is 10.8 Å². The number of amides is 1. The predicted molar refractivity (Wildman–Crippen MR) is 120 cm³/mol. The molecule has 0 saturated carbocycles. The quantitative estimate of drug-likeness (QED) is 0.631. The highest BCUT2D eigenvalue weighted by Crippen LogP contribution is 2.30. The van der Waals surface area contributed by atoms with E-state index in [1.165, 1.54) is 18.3 Å². The Kier molecular flexibility index (Phi) is 6.67. The highest BCUT2D eigenvalue weighted by Gasteiger charge is 2.37. The van der Waals surface area contributed by atoms with Gasteiger partial charge in [0.25, 0.3) is 0 Å². The lowest BCUT2D eigenvalue weighted by molar-refractivity contribution is -0.133. The molecule has 0 N–H and O–H groups in total. The Balaban J connectivity index is 1.34. The normalized spacial score (nSPS) is 20.2. The minimum absolute atomic E-state index is 0.00889. The van der Waals surface area contributed by atoms with Crippen LogP contribution in [-0.2, 0) is 21.1 Å². The van der Waals surface area contributed by atoms with E-state index in [1.807, 2.05) is 9.80 Å². The Morgan fingerprint density at radius 2 is 1.88 bits per heavy atom. The maximum atomic E-state index is 14.2. The zero-order valence-corrected chi connectivity index (χ0v) is 19.4. The molecule has 0 unspecified atom stereocenters. The molecule has 2 aromatic heterocycles. The number of hydrogen-bond donors (Lipinski definition) is 0. The number of carbonyl (C=O) groups is 1. The summed E-state index contributed by atoms with van der Waals surface area (Å²) < 4.78 is 38.0. The van der Waals surface area contributed by atoms with E-state index >= 15 is 0 Å². The summed E-state index contributed by atoms with van der Waals surface area (Å²) in [6, 6.07) is 4.67. The second-order valence-electron chi connectivity index (χ2n) is 8.31. The van der Waals surface area contributed by atoms with Gasteiger partial charge in [0.15, 0.2) is 26.5 Å². The zero-order valence-electron chi connectivity index (χ0n) is 17.9. The molecule has 2 fully saturated rings.